The van der Waals surface area contributed by atoms with Gasteiger partial charge in [-0.25, -0.2) is 0 Å². The molecule has 0 amide bonds. The molecule has 0 aromatic carbocycles. The second-order valence-electron chi connectivity index (χ2n) is 1.61. The van der Waals surface area contributed by atoms with Crippen molar-refractivity contribution < 1.29 is 70.4 Å². The normalized spacial score (nSPS) is 6.92. The van der Waals surface area contributed by atoms with Crippen LogP contribution in [0.3, 0.4) is 0 Å². The Labute approximate surface area is 122 Å². The van der Waals surface area contributed by atoms with Gasteiger partial charge in [-0.2, -0.15) is 0 Å². The molecule has 5 heteroatoms. The average Bonchev–Trinajstić information content (AvgIpc) is 1.87. The molecule has 0 saturated heterocycles. The Bertz CT molecular complexity index is 120. The fourth-order valence-electron chi connectivity index (χ4n) is 0.322. The van der Waals surface area contributed by atoms with E-state index in [2.05, 4.69) is 23.3 Å². The molecule has 0 N–H and O–H groups in total. The van der Waals surface area contributed by atoms with Gasteiger partial charge in [0, 0.05) is 0 Å². The number of hydrogen-bond donors (Lipinski definition) is 0. The van der Waals surface area contributed by atoms with E-state index in [0.717, 1.165) is 0 Å². The molecule has 13 heavy (non-hydrogen) atoms. The van der Waals surface area contributed by atoms with Crippen molar-refractivity contribution in [3.8, 4) is 0 Å². The van der Waals surface area contributed by atoms with E-state index in [0.29, 0.717) is 13.2 Å². The third-order valence-corrected chi connectivity index (χ3v) is 0.611. The van der Waals surface area contributed by atoms with Crippen molar-refractivity contribution in [2.45, 2.75) is 13.8 Å². The largest absolute Gasteiger partial charge is 1.00 e. The number of carbonyl (C=O) groups excluding carboxylic acids is 2. The Morgan fingerprint density at radius 3 is 1.23 bits per heavy atom. The zero-order chi connectivity index (χ0) is 9.98. The maximum atomic E-state index is 9.71. The van der Waals surface area contributed by atoms with Crippen LogP contribution in [0.4, 0.5) is 0 Å². The van der Waals surface area contributed by atoms with Crippen molar-refractivity contribution >= 4 is 11.9 Å². The monoisotopic (exact) mass is 213 g/mol. The summed E-state index contributed by atoms with van der Waals surface area (Å²) >= 11 is 0. The van der Waals surface area contributed by atoms with Gasteiger partial charge in [-0.3, -0.25) is 23.4 Å². The number of hydrogen-bond acceptors (Lipinski definition) is 4. The molecule has 0 rings (SSSR count). The Balaban J connectivity index is -0.000000143. The Morgan fingerprint density at radius 2 is 1.23 bits per heavy atom. The van der Waals surface area contributed by atoms with E-state index in [-0.39, 0.29) is 51.4 Å². The average molecular weight is 213 g/mol. The SMILES string of the molecule is [CH2-]C(=O)OCC.[CH2-]C(=O)OCC.[K+]. The van der Waals surface area contributed by atoms with Crippen LogP contribution in [-0.4, -0.2) is 25.2 Å². The summed E-state index contributed by atoms with van der Waals surface area (Å²) in [6.07, 6.45) is 0. The molecule has 0 saturated carbocycles. The topological polar surface area (TPSA) is 52.6 Å². The third-order valence-electron chi connectivity index (χ3n) is 0.611. The van der Waals surface area contributed by atoms with Gasteiger partial charge in [0.1, 0.15) is 0 Å². The molecule has 0 unspecified atom stereocenters. The Morgan fingerprint density at radius 1 is 1.00 bits per heavy atom. The van der Waals surface area contributed by atoms with E-state index in [1.165, 1.54) is 0 Å². The molecule has 0 aliphatic rings. The summed E-state index contributed by atoms with van der Waals surface area (Å²) in [5, 5.41) is 0. The van der Waals surface area contributed by atoms with Gasteiger partial charge in [-0.05, 0) is 13.8 Å². The van der Waals surface area contributed by atoms with Crippen LogP contribution in [-0.2, 0) is 19.1 Å². The van der Waals surface area contributed by atoms with E-state index in [4.69, 9.17) is 0 Å². The van der Waals surface area contributed by atoms with E-state index in [1.807, 2.05) is 0 Å². The third kappa shape index (κ3) is 32.9. The molecule has 0 aliphatic heterocycles. The first kappa shape index (κ1) is 19.0. The summed E-state index contributed by atoms with van der Waals surface area (Å²) in [6, 6.07) is 0. The van der Waals surface area contributed by atoms with Crippen LogP contribution in [0.25, 0.3) is 0 Å². The minimum atomic E-state index is -0.461. The summed E-state index contributed by atoms with van der Waals surface area (Å²) in [5.41, 5.74) is 0. The molecular weight excluding hydrogens is 199 g/mol. The van der Waals surface area contributed by atoms with Crippen molar-refractivity contribution in [3.05, 3.63) is 13.8 Å². The van der Waals surface area contributed by atoms with Gasteiger partial charge in [0.2, 0.25) is 0 Å². The number of rotatable bonds is 2. The zero-order valence-electron chi connectivity index (χ0n) is 8.46. The fraction of sp³-hybridized carbons (Fsp3) is 0.500. The predicted molar refractivity (Wildman–Crippen MR) is 44.0 cm³/mol. The number of carbonyl (C=O) groups is 2. The van der Waals surface area contributed by atoms with E-state index >= 15 is 0 Å². The minimum absolute atomic E-state index is 0. The maximum absolute atomic E-state index is 9.71. The van der Waals surface area contributed by atoms with Gasteiger partial charge in [0.25, 0.3) is 0 Å². The first-order valence-corrected chi connectivity index (χ1v) is 3.52. The molecule has 0 aromatic heterocycles. The van der Waals surface area contributed by atoms with Gasteiger partial charge in [0.15, 0.2) is 11.9 Å². The van der Waals surface area contributed by atoms with Crippen molar-refractivity contribution in [1.82, 2.24) is 0 Å². The molecule has 0 aromatic rings. The summed E-state index contributed by atoms with van der Waals surface area (Å²) in [4.78, 5) is 19.4. The van der Waals surface area contributed by atoms with Gasteiger partial charge >= 0.3 is 51.4 Å². The predicted octanol–water partition coefficient (Wildman–Crippen LogP) is -2.23. The van der Waals surface area contributed by atoms with Gasteiger partial charge < -0.3 is 9.47 Å². The van der Waals surface area contributed by atoms with Crippen LogP contribution in [0.1, 0.15) is 13.8 Å². The van der Waals surface area contributed by atoms with Crippen molar-refractivity contribution in [2.24, 2.45) is 0 Å². The van der Waals surface area contributed by atoms with E-state index in [1.54, 1.807) is 13.8 Å². The first-order chi connectivity index (χ1) is 5.54. The smallest absolute Gasteiger partial charge is 0.489 e. The summed E-state index contributed by atoms with van der Waals surface area (Å²) in [7, 11) is 0. The second kappa shape index (κ2) is 14.8. The van der Waals surface area contributed by atoms with Crippen LogP contribution >= 0.6 is 0 Å². The molecule has 0 spiro atoms. The van der Waals surface area contributed by atoms with E-state index in [9.17, 15) is 9.59 Å². The summed E-state index contributed by atoms with van der Waals surface area (Å²) < 4.78 is 8.58. The summed E-state index contributed by atoms with van der Waals surface area (Å²) in [5.74, 6) is -0.921. The van der Waals surface area contributed by atoms with Crippen molar-refractivity contribution in [1.29, 1.82) is 0 Å². The minimum Gasteiger partial charge on any atom is -0.489 e. The molecule has 0 fully saturated rings. The standard InChI is InChI=1S/2C4H7O2.K/c2*1-3-6-4(2)5;/h2*2-3H2,1H3;/q2*-1;+1. The van der Waals surface area contributed by atoms with Crippen LogP contribution < -0.4 is 51.4 Å². The van der Waals surface area contributed by atoms with Gasteiger partial charge in [0.05, 0.1) is 13.2 Å². The molecule has 0 bridgehead atoms. The van der Waals surface area contributed by atoms with Crippen LogP contribution in [0.5, 0.6) is 0 Å². The number of esters is 2. The zero-order valence-corrected chi connectivity index (χ0v) is 11.6. The molecule has 0 heterocycles. The molecule has 4 nitrogen and oxygen atoms in total. The number of ether oxygens (including phenoxy) is 2. The van der Waals surface area contributed by atoms with Crippen LogP contribution in [0.2, 0.25) is 0 Å². The molecule has 72 valence electrons. The van der Waals surface area contributed by atoms with Crippen LogP contribution in [0.15, 0.2) is 0 Å². The maximum Gasteiger partial charge on any atom is 1.00 e. The molecule has 0 aliphatic carbocycles. The van der Waals surface area contributed by atoms with Gasteiger partial charge in [-0.1, -0.05) is 0 Å². The molecular formula is C8H14KO4-. The molecule has 0 atom stereocenters. The second-order valence-corrected chi connectivity index (χ2v) is 1.61. The van der Waals surface area contributed by atoms with Crippen molar-refractivity contribution in [3.63, 3.8) is 0 Å². The van der Waals surface area contributed by atoms with Crippen molar-refractivity contribution in [2.75, 3.05) is 13.2 Å². The fourth-order valence-corrected chi connectivity index (χ4v) is 0.322. The Kier molecular flexibility index (Phi) is 21.6. The Hall–Kier alpha value is 0.316. The van der Waals surface area contributed by atoms with E-state index < -0.39 is 11.9 Å². The first-order valence-electron chi connectivity index (χ1n) is 3.52. The van der Waals surface area contributed by atoms with Gasteiger partial charge in [-0.15, -0.1) is 0 Å². The summed E-state index contributed by atoms with van der Waals surface area (Å²) in [6.45, 7) is 10.3. The quantitative estimate of drug-likeness (QED) is 0.296. The molecule has 0 radical (unpaired) electrons. The van der Waals surface area contributed by atoms with Crippen LogP contribution in [0, 0.1) is 13.8 Å².